The Kier molecular flexibility index (Phi) is 8.22. The molecular formula is C27H28N2O5S2. The number of methoxy groups -OCH3 is 1. The molecule has 9 heteroatoms. The Morgan fingerprint density at radius 3 is 2.42 bits per heavy atom. The summed E-state index contributed by atoms with van der Waals surface area (Å²) in [5.41, 5.74) is 1.75. The van der Waals surface area contributed by atoms with Gasteiger partial charge in [0.1, 0.15) is 11.5 Å². The van der Waals surface area contributed by atoms with Gasteiger partial charge in [0, 0.05) is 6.42 Å². The summed E-state index contributed by atoms with van der Waals surface area (Å²) in [6.45, 7) is 2.84. The van der Waals surface area contributed by atoms with Crippen LogP contribution in [-0.2, 0) is 21.2 Å². The van der Waals surface area contributed by atoms with Gasteiger partial charge in [-0.3, -0.25) is 9.69 Å². The molecule has 188 valence electrons. The van der Waals surface area contributed by atoms with E-state index >= 15 is 0 Å². The van der Waals surface area contributed by atoms with E-state index in [1.807, 2.05) is 55.5 Å². The SMILES string of the molecule is CCOc1ccc2nc(N(Cc3ccccc3)C(=O)CCCS(=O)(=O)c3ccc(OC)cc3)sc2c1. The Morgan fingerprint density at radius 2 is 1.72 bits per heavy atom. The van der Waals surface area contributed by atoms with Crippen LogP contribution in [0, 0.1) is 0 Å². The van der Waals surface area contributed by atoms with Crippen molar-refractivity contribution in [3.63, 3.8) is 0 Å². The van der Waals surface area contributed by atoms with E-state index in [9.17, 15) is 13.2 Å². The normalized spacial score (nSPS) is 11.4. The summed E-state index contributed by atoms with van der Waals surface area (Å²) in [7, 11) is -1.99. The average Bonchev–Trinajstić information content (AvgIpc) is 3.31. The summed E-state index contributed by atoms with van der Waals surface area (Å²) in [6.07, 6.45) is 0.292. The van der Waals surface area contributed by atoms with Crippen LogP contribution in [0.2, 0.25) is 0 Å². The molecule has 0 aliphatic rings. The van der Waals surface area contributed by atoms with Crippen LogP contribution in [0.4, 0.5) is 5.13 Å². The van der Waals surface area contributed by atoms with Gasteiger partial charge in [-0.15, -0.1) is 0 Å². The highest BCUT2D eigenvalue weighted by molar-refractivity contribution is 7.91. The van der Waals surface area contributed by atoms with E-state index in [0.29, 0.717) is 24.0 Å². The van der Waals surface area contributed by atoms with Gasteiger partial charge in [-0.2, -0.15) is 0 Å². The van der Waals surface area contributed by atoms with E-state index in [1.54, 1.807) is 17.0 Å². The van der Waals surface area contributed by atoms with Crippen LogP contribution < -0.4 is 14.4 Å². The Labute approximate surface area is 215 Å². The van der Waals surface area contributed by atoms with Crippen molar-refractivity contribution >= 4 is 42.4 Å². The van der Waals surface area contributed by atoms with Crippen LogP contribution in [-0.4, -0.2) is 38.8 Å². The van der Waals surface area contributed by atoms with Crippen LogP contribution in [0.15, 0.2) is 77.7 Å². The molecule has 0 N–H and O–H groups in total. The second kappa shape index (κ2) is 11.5. The van der Waals surface area contributed by atoms with Gasteiger partial charge >= 0.3 is 0 Å². The van der Waals surface area contributed by atoms with Crippen LogP contribution in [0.3, 0.4) is 0 Å². The predicted octanol–water partition coefficient (Wildman–Crippen LogP) is 5.49. The van der Waals surface area contributed by atoms with Gasteiger partial charge < -0.3 is 9.47 Å². The number of amides is 1. The molecule has 4 aromatic rings. The molecule has 1 aromatic heterocycles. The molecule has 0 saturated heterocycles. The van der Waals surface area contributed by atoms with E-state index in [4.69, 9.17) is 14.5 Å². The van der Waals surface area contributed by atoms with Gasteiger partial charge in [-0.1, -0.05) is 41.7 Å². The summed E-state index contributed by atoms with van der Waals surface area (Å²) in [4.78, 5) is 19.9. The lowest BCUT2D eigenvalue weighted by molar-refractivity contribution is -0.118. The maximum atomic E-state index is 13.4. The largest absolute Gasteiger partial charge is 0.497 e. The fraction of sp³-hybridized carbons (Fsp3) is 0.259. The van der Waals surface area contributed by atoms with Crippen molar-refractivity contribution in [3.8, 4) is 11.5 Å². The van der Waals surface area contributed by atoms with Gasteiger partial charge in [-0.25, -0.2) is 13.4 Å². The lowest BCUT2D eigenvalue weighted by Crippen LogP contribution is -2.30. The lowest BCUT2D eigenvalue weighted by atomic mass is 10.2. The van der Waals surface area contributed by atoms with Crippen LogP contribution in [0.1, 0.15) is 25.3 Å². The quantitative estimate of drug-likeness (QED) is 0.258. The van der Waals surface area contributed by atoms with Crippen LogP contribution in [0.25, 0.3) is 10.2 Å². The summed E-state index contributed by atoms with van der Waals surface area (Å²) < 4.78 is 37.1. The lowest BCUT2D eigenvalue weighted by Gasteiger charge is -2.20. The number of anilines is 1. The smallest absolute Gasteiger partial charge is 0.229 e. The van der Waals surface area contributed by atoms with Crippen molar-refractivity contribution < 1.29 is 22.7 Å². The average molecular weight is 525 g/mol. The number of sulfone groups is 1. The summed E-state index contributed by atoms with van der Waals surface area (Å²) in [5, 5.41) is 0.575. The zero-order valence-corrected chi connectivity index (χ0v) is 21.8. The monoisotopic (exact) mass is 524 g/mol. The summed E-state index contributed by atoms with van der Waals surface area (Å²) in [5.74, 6) is 1.05. The third-order valence-corrected chi connectivity index (χ3v) is 8.46. The number of ether oxygens (including phenoxy) is 2. The minimum Gasteiger partial charge on any atom is -0.497 e. The zero-order chi connectivity index (χ0) is 25.5. The number of carbonyl (C=O) groups excluding carboxylic acids is 1. The first kappa shape index (κ1) is 25.7. The number of fused-ring (bicyclic) bond motifs is 1. The van der Waals surface area contributed by atoms with E-state index in [2.05, 4.69) is 0 Å². The highest BCUT2D eigenvalue weighted by Crippen LogP contribution is 2.33. The number of hydrogen-bond acceptors (Lipinski definition) is 7. The van der Waals surface area contributed by atoms with Gasteiger partial charge in [0.2, 0.25) is 5.91 Å². The molecule has 36 heavy (non-hydrogen) atoms. The molecule has 0 unspecified atom stereocenters. The Balaban J connectivity index is 1.51. The number of nitrogens with zero attached hydrogens (tertiary/aromatic N) is 2. The van der Waals surface area contributed by atoms with Gasteiger partial charge in [-0.05, 0) is 61.4 Å². The Hall–Kier alpha value is -3.43. The number of carbonyl (C=O) groups is 1. The van der Waals surface area contributed by atoms with Crippen molar-refractivity contribution in [2.24, 2.45) is 0 Å². The first-order valence-electron chi connectivity index (χ1n) is 11.6. The first-order chi connectivity index (χ1) is 17.4. The predicted molar refractivity (Wildman–Crippen MR) is 143 cm³/mol. The molecule has 0 aliphatic carbocycles. The maximum Gasteiger partial charge on any atom is 0.229 e. The van der Waals surface area contributed by atoms with Crippen molar-refractivity contribution in [1.29, 1.82) is 0 Å². The molecule has 0 bridgehead atoms. The third-order valence-electron chi connectivity index (χ3n) is 5.60. The second-order valence-electron chi connectivity index (χ2n) is 8.12. The molecule has 0 radical (unpaired) electrons. The molecular weight excluding hydrogens is 496 g/mol. The second-order valence-corrected chi connectivity index (χ2v) is 11.2. The molecule has 1 heterocycles. The fourth-order valence-electron chi connectivity index (χ4n) is 3.74. The minimum atomic E-state index is -3.51. The fourth-order valence-corrected chi connectivity index (χ4v) is 6.06. The molecule has 0 fully saturated rings. The van der Waals surface area contributed by atoms with E-state index < -0.39 is 9.84 Å². The van der Waals surface area contributed by atoms with Crippen molar-refractivity contribution in [2.75, 3.05) is 24.4 Å². The van der Waals surface area contributed by atoms with Gasteiger partial charge in [0.15, 0.2) is 15.0 Å². The Bertz CT molecular complexity index is 1420. The summed E-state index contributed by atoms with van der Waals surface area (Å²) >= 11 is 1.42. The van der Waals surface area contributed by atoms with E-state index in [0.717, 1.165) is 21.5 Å². The van der Waals surface area contributed by atoms with E-state index in [1.165, 1.54) is 30.6 Å². The standard InChI is InChI=1S/C27H28N2O5S2/c1-3-34-22-13-16-24-25(18-22)35-27(28-24)29(19-20-8-5-4-6-9-20)26(30)10-7-17-36(31,32)23-14-11-21(33-2)12-15-23/h4-6,8-9,11-16,18H,3,7,10,17,19H2,1-2H3. The van der Waals surface area contributed by atoms with Crippen LogP contribution in [0.5, 0.6) is 11.5 Å². The number of thiazole rings is 1. The van der Waals surface area contributed by atoms with Crippen molar-refractivity contribution in [1.82, 2.24) is 4.98 Å². The first-order valence-corrected chi connectivity index (χ1v) is 14.1. The minimum absolute atomic E-state index is 0.0857. The molecule has 4 rings (SSSR count). The molecule has 0 aliphatic heterocycles. The molecule has 0 saturated carbocycles. The van der Waals surface area contributed by atoms with Crippen molar-refractivity contribution in [3.05, 3.63) is 78.4 Å². The highest BCUT2D eigenvalue weighted by atomic mass is 32.2. The number of hydrogen-bond donors (Lipinski definition) is 0. The molecule has 3 aromatic carbocycles. The zero-order valence-electron chi connectivity index (χ0n) is 20.2. The highest BCUT2D eigenvalue weighted by Gasteiger charge is 2.22. The van der Waals surface area contributed by atoms with Gasteiger partial charge in [0.25, 0.3) is 0 Å². The number of aromatic nitrogens is 1. The van der Waals surface area contributed by atoms with Crippen molar-refractivity contribution in [2.45, 2.75) is 31.2 Å². The maximum absolute atomic E-state index is 13.4. The molecule has 1 amide bonds. The molecule has 0 atom stereocenters. The molecule has 7 nitrogen and oxygen atoms in total. The summed E-state index contributed by atoms with van der Waals surface area (Å²) in [6, 6.07) is 21.6. The van der Waals surface area contributed by atoms with Crippen LogP contribution >= 0.6 is 11.3 Å². The van der Waals surface area contributed by atoms with E-state index in [-0.39, 0.29) is 29.4 Å². The topological polar surface area (TPSA) is 85.8 Å². The number of benzene rings is 3. The third kappa shape index (κ3) is 6.22. The Morgan fingerprint density at radius 1 is 1.00 bits per heavy atom. The van der Waals surface area contributed by atoms with Gasteiger partial charge in [0.05, 0.1) is 41.1 Å². The number of rotatable bonds is 11. The molecule has 0 spiro atoms.